The number of benzene rings is 3. The predicted molar refractivity (Wildman–Crippen MR) is 104 cm³/mol. The standard InChI is InChI=1S/C23H23N2/c1-20(23-15-9-4-10-16-23)17-24-25(18-21-11-5-2-6-12-21)19-22-13-7-3-8-14-22/h2-16,20H,18-19H2,1H3/q+1. The minimum Gasteiger partial charge on any atom is -0.0622 e. The molecule has 3 rings (SSSR count). The highest BCUT2D eigenvalue weighted by molar-refractivity contribution is 5.25. The van der Waals surface area contributed by atoms with Crippen LogP contribution in [0.5, 0.6) is 0 Å². The van der Waals surface area contributed by atoms with Crippen LogP contribution in [0, 0.1) is 6.07 Å². The Balaban J connectivity index is 1.77. The van der Waals surface area contributed by atoms with E-state index in [1.807, 2.05) is 18.2 Å². The number of rotatable bonds is 5. The number of hydrogen-bond donors (Lipinski definition) is 0. The van der Waals surface area contributed by atoms with Crippen molar-refractivity contribution in [3.63, 3.8) is 0 Å². The van der Waals surface area contributed by atoms with Crippen molar-refractivity contribution in [3.8, 4) is 6.07 Å². The molecule has 0 heterocycles. The van der Waals surface area contributed by atoms with E-state index in [0.29, 0.717) is 0 Å². The van der Waals surface area contributed by atoms with Crippen LogP contribution in [0.15, 0.2) is 91.0 Å². The molecule has 0 fully saturated rings. The third-order valence-corrected chi connectivity index (χ3v) is 4.11. The van der Waals surface area contributed by atoms with Crippen LogP contribution in [0.3, 0.4) is 0 Å². The Kier molecular flexibility index (Phi) is 5.85. The van der Waals surface area contributed by atoms with E-state index in [4.69, 9.17) is 0 Å². The summed E-state index contributed by atoms with van der Waals surface area (Å²) in [4.78, 5) is 4.67. The van der Waals surface area contributed by atoms with Crippen LogP contribution in [-0.4, -0.2) is 5.01 Å². The Morgan fingerprint density at radius 2 is 1.16 bits per heavy atom. The molecule has 0 N–H and O–H groups in total. The molecule has 0 radical (unpaired) electrons. The summed E-state index contributed by atoms with van der Waals surface area (Å²) in [6, 6.07) is 34.5. The second kappa shape index (κ2) is 8.70. The van der Waals surface area contributed by atoms with Crippen molar-refractivity contribution in [1.29, 1.82) is 0 Å². The van der Waals surface area contributed by atoms with Gasteiger partial charge in [0.05, 0.1) is 4.95 Å². The first kappa shape index (κ1) is 16.8. The first-order valence-electron chi connectivity index (χ1n) is 8.65. The zero-order valence-corrected chi connectivity index (χ0v) is 14.5. The monoisotopic (exact) mass is 327 g/mol. The molecule has 0 aromatic heterocycles. The Hall–Kier alpha value is -3.05. The predicted octanol–water partition coefficient (Wildman–Crippen LogP) is 5.74. The van der Waals surface area contributed by atoms with Gasteiger partial charge in [0, 0.05) is 0 Å². The number of hydrogen-bond acceptors (Lipinski definition) is 1. The molecule has 2 heteroatoms. The van der Waals surface area contributed by atoms with E-state index < -0.39 is 0 Å². The summed E-state index contributed by atoms with van der Waals surface area (Å²) < 4.78 is 0. The van der Waals surface area contributed by atoms with Crippen molar-refractivity contribution >= 4 is 0 Å². The van der Waals surface area contributed by atoms with E-state index in [2.05, 4.69) is 95.8 Å². The molecule has 0 aliphatic rings. The molecule has 3 aromatic rings. The Morgan fingerprint density at radius 3 is 1.64 bits per heavy atom. The van der Waals surface area contributed by atoms with Crippen molar-refractivity contribution in [2.75, 3.05) is 0 Å². The molecule has 124 valence electrons. The quantitative estimate of drug-likeness (QED) is 0.542. The van der Waals surface area contributed by atoms with E-state index >= 15 is 0 Å². The van der Waals surface area contributed by atoms with E-state index in [0.717, 1.165) is 13.1 Å². The summed E-state index contributed by atoms with van der Waals surface area (Å²) in [7, 11) is 0. The third-order valence-electron chi connectivity index (χ3n) is 4.11. The zero-order chi connectivity index (χ0) is 17.3. The SMILES string of the molecule is CC(C#[N+]N(Cc1ccccc1)Cc1ccccc1)c1ccccc1. The van der Waals surface area contributed by atoms with Crippen LogP contribution in [-0.2, 0) is 13.1 Å². The smallest absolute Gasteiger partial charge is 0.0622 e. The lowest BCUT2D eigenvalue weighted by molar-refractivity contribution is 0.356. The summed E-state index contributed by atoms with van der Waals surface area (Å²) in [6.45, 7) is 3.66. The largest absolute Gasteiger partial charge is 0.327 e. The number of nitrogens with zero attached hydrogens (tertiary/aromatic N) is 2. The fraction of sp³-hybridized carbons (Fsp3) is 0.174. The molecule has 0 aliphatic carbocycles. The van der Waals surface area contributed by atoms with Gasteiger partial charge in [-0.1, -0.05) is 96.0 Å². The van der Waals surface area contributed by atoms with Crippen molar-refractivity contribution in [2.24, 2.45) is 0 Å². The van der Waals surface area contributed by atoms with Gasteiger partial charge < -0.3 is 0 Å². The molecule has 0 amide bonds. The van der Waals surface area contributed by atoms with Crippen LogP contribution in [0.25, 0.3) is 4.95 Å². The lowest BCUT2D eigenvalue weighted by atomic mass is 10.0. The zero-order valence-electron chi connectivity index (χ0n) is 14.5. The van der Waals surface area contributed by atoms with Crippen LogP contribution in [0.1, 0.15) is 29.5 Å². The topological polar surface area (TPSA) is 7.60 Å². The highest BCUT2D eigenvalue weighted by atomic mass is 15.4. The van der Waals surface area contributed by atoms with Gasteiger partial charge in [0.15, 0.2) is 0 Å². The van der Waals surface area contributed by atoms with Gasteiger partial charge in [-0.2, -0.15) is 0 Å². The molecule has 1 atom stereocenters. The first-order valence-corrected chi connectivity index (χ1v) is 8.65. The van der Waals surface area contributed by atoms with Gasteiger partial charge in [0.1, 0.15) is 19.0 Å². The van der Waals surface area contributed by atoms with E-state index in [1.165, 1.54) is 16.7 Å². The van der Waals surface area contributed by atoms with Gasteiger partial charge in [-0.25, -0.2) is 0 Å². The normalized spacial score (nSPS) is 11.2. The van der Waals surface area contributed by atoms with Crippen LogP contribution >= 0.6 is 0 Å². The second-order valence-corrected chi connectivity index (χ2v) is 6.16. The molecule has 25 heavy (non-hydrogen) atoms. The maximum absolute atomic E-state index is 4.67. The van der Waals surface area contributed by atoms with Crippen molar-refractivity contribution in [3.05, 3.63) is 113 Å². The molecule has 0 aliphatic heterocycles. The van der Waals surface area contributed by atoms with E-state index in [-0.39, 0.29) is 5.92 Å². The van der Waals surface area contributed by atoms with Crippen LogP contribution < -0.4 is 0 Å². The molecule has 0 spiro atoms. The van der Waals surface area contributed by atoms with Crippen LogP contribution in [0.2, 0.25) is 0 Å². The fourth-order valence-corrected chi connectivity index (χ4v) is 2.70. The summed E-state index contributed by atoms with van der Waals surface area (Å²) >= 11 is 0. The Labute approximate surface area is 150 Å². The summed E-state index contributed by atoms with van der Waals surface area (Å²) in [5, 5.41) is 2.07. The van der Waals surface area contributed by atoms with Crippen molar-refractivity contribution < 1.29 is 0 Å². The summed E-state index contributed by atoms with van der Waals surface area (Å²) in [6.07, 6.45) is 0. The lowest BCUT2D eigenvalue weighted by Crippen LogP contribution is -2.14. The lowest BCUT2D eigenvalue weighted by Gasteiger charge is -2.08. The highest BCUT2D eigenvalue weighted by Gasteiger charge is 2.15. The average molecular weight is 327 g/mol. The van der Waals surface area contributed by atoms with Gasteiger partial charge >= 0.3 is 6.07 Å². The van der Waals surface area contributed by atoms with Crippen molar-refractivity contribution in [1.82, 2.24) is 5.01 Å². The molecule has 1 unspecified atom stereocenters. The van der Waals surface area contributed by atoms with Gasteiger partial charge in [-0.05, 0) is 23.6 Å². The van der Waals surface area contributed by atoms with Gasteiger partial charge in [-0.3, -0.25) is 0 Å². The van der Waals surface area contributed by atoms with Gasteiger partial charge in [-0.15, -0.1) is 0 Å². The highest BCUT2D eigenvalue weighted by Crippen LogP contribution is 2.15. The molecule has 0 saturated carbocycles. The maximum atomic E-state index is 4.67. The van der Waals surface area contributed by atoms with Gasteiger partial charge in [0.2, 0.25) is 0 Å². The van der Waals surface area contributed by atoms with Gasteiger partial charge in [0.25, 0.3) is 0 Å². The minimum absolute atomic E-state index is 0.162. The fourth-order valence-electron chi connectivity index (χ4n) is 2.70. The average Bonchev–Trinajstić information content (AvgIpc) is 2.68. The summed E-state index contributed by atoms with van der Waals surface area (Å²) in [5.41, 5.74) is 3.72. The maximum Gasteiger partial charge on any atom is 0.327 e. The Morgan fingerprint density at radius 1 is 0.720 bits per heavy atom. The van der Waals surface area contributed by atoms with E-state index in [9.17, 15) is 0 Å². The molecule has 0 saturated heterocycles. The minimum atomic E-state index is 0.162. The molecule has 0 bridgehead atoms. The first-order chi connectivity index (χ1) is 12.3. The van der Waals surface area contributed by atoms with E-state index in [1.54, 1.807) is 0 Å². The van der Waals surface area contributed by atoms with Crippen LogP contribution in [0.4, 0.5) is 0 Å². The molecule has 3 aromatic carbocycles. The molecular weight excluding hydrogens is 304 g/mol. The van der Waals surface area contributed by atoms with Crippen molar-refractivity contribution in [2.45, 2.75) is 25.9 Å². The Bertz CT molecular complexity index is 776. The second-order valence-electron chi connectivity index (χ2n) is 6.16. The molecule has 2 nitrogen and oxygen atoms in total. The molecular formula is C23H23N2+. The third kappa shape index (κ3) is 5.22. The summed E-state index contributed by atoms with van der Waals surface area (Å²) in [5.74, 6) is 0.162.